The maximum Gasteiger partial charge on any atom is 0.244 e. The highest BCUT2D eigenvalue weighted by atomic mass is 79.9. The van der Waals surface area contributed by atoms with Crippen molar-refractivity contribution in [1.29, 1.82) is 5.26 Å². The van der Waals surface area contributed by atoms with Crippen LogP contribution >= 0.6 is 15.9 Å². The number of amides is 1. The third kappa shape index (κ3) is 4.43. The first-order chi connectivity index (χ1) is 12.1. The van der Waals surface area contributed by atoms with Crippen LogP contribution in [0, 0.1) is 11.3 Å². The van der Waals surface area contributed by atoms with Gasteiger partial charge in [-0.3, -0.25) is 9.36 Å². The molecule has 124 valence electrons. The van der Waals surface area contributed by atoms with Crippen molar-refractivity contribution in [3.8, 4) is 17.6 Å². The minimum Gasteiger partial charge on any atom is -0.457 e. The molecule has 1 aromatic heterocycles. The van der Waals surface area contributed by atoms with Crippen LogP contribution in [0.15, 0.2) is 59.3 Å². The van der Waals surface area contributed by atoms with Gasteiger partial charge in [-0.2, -0.15) is 5.26 Å². The molecule has 25 heavy (non-hydrogen) atoms. The zero-order chi connectivity index (χ0) is 17.6. The molecule has 0 bridgehead atoms. The number of nitrogens with zero attached hydrogens (tertiary/aromatic N) is 4. The summed E-state index contributed by atoms with van der Waals surface area (Å²) >= 11 is 3.37. The molecule has 0 atom stereocenters. The number of aromatic nitrogens is 3. The first-order valence-corrected chi connectivity index (χ1v) is 8.04. The molecule has 7 nitrogen and oxygen atoms in total. The SMILES string of the molecule is N#Cc1nncn1CC(=O)Nc1ccc(Oc2ccc(Br)cc2)cc1. The molecule has 0 fully saturated rings. The van der Waals surface area contributed by atoms with Crippen molar-refractivity contribution < 1.29 is 9.53 Å². The third-order valence-corrected chi connectivity index (χ3v) is 3.75. The predicted molar refractivity (Wildman–Crippen MR) is 94.0 cm³/mol. The second kappa shape index (κ2) is 7.59. The smallest absolute Gasteiger partial charge is 0.244 e. The molecule has 1 heterocycles. The highest BCUT2D eigenvalue weighted by Gasteiger charge is 2.08. The molecular formula is C17H12BrN5O2. The van der Waals surface area contributed by atoms with E-state index in [9.17, 15) is 4.79 Å². The standard InChI is InChI=1S/C17H12BrN5O2/c18-12-1-5-14(6-2-12)25-15-7-3-13(4-8-15)21-17(24)10-23-11-20-22-16(23)9-19/h1-8,11H,10H2,(H,21,24). The van der Waals surface area contributed by atoms with Gasteiger partial charge in [0.1, 0.15) is 30.4 Å². The van der Waals surface area contributed by atoms with Gasteiger partial charge in [0.05, 0.1) is 0 Å². The second-order valence-electron chi connectivity index (χ2n) is 5.02. The Bertz CT molecular complexity index is 913. The molecule has 2 aromatic carbocycles. The Balaban J connectivity index is 1.59. The van der Waals surface area contributed by atoms with E-state index in [1.807, 2.05) is 30.3 Å². The van der Waals surface area contributed by atoms with Crippen molar-refractivity contribution in [2.45, 2.75) is 6.54 Å². The molecule has 3 aromatic rings. The molecule has 0 saturated heterocycles. The van der Waals surface area contributed by atoms with Crippen molar-refractivity contribution in [2.75, 3.05) is 5.32 Å². The van der Waals surface area contributed by atoms with Gasteiger partial charge in [0.25, 0.3) is 0 Å². The maximum absolute atomic E-state index is 12.0. The van der Waals surface area contributed by atoms with Gasteiger partial charge in [-0.1, -0.05) is 15.9 Å². The van der Waals surface area contributed by atoms with E-state index < -0.39 is 0 Å². The lowest BCUT2D eigenvalue weighted by Crippen LogP contribution is -2.19. The summed E-state index contributed by atoms with van der Waals surface area (Å²) in [6.07, 6.45) is 1.34. The van der Waals surface area contributed by atoms with Crippen LogP contribution < -0.4 is 10.1 Å². The molecule has 0 unspecified atom stereocenters. The number of hydrogen-bond donors (Lipinski definition) is 1. The fourth-order valence-electron chi connectivity index (χ4n) is 2.06. The van der Waals surface area contributed by atoms with Crippen LogP contribution in [0.4, 0.5) is 5.69 Å². The Morgan fingerprint density at radius 1 is 1.16 bits per heavy atom. The number of hydrogen-bond acceptors (Lipinski definition) is 5. The Morgan fingerprint density at radius 3 is 2.44 bits per heavy atom. The number of benzene rings is 2. The van der Waals surface area contributed by atoms with E-state index in [1.165, 1.54) is 10.9 Å². The molecule has 0 aliphatic heterocycles. The van der Waals surface area contributed by atoms with Crippen molar-refractivity contribution >= 4 is 27.5 Å². The average molecular weight is 398 g/mol. The van der Waals surface area contributed by atoms with Gasteiger partial charge in [0.15, 0.2) is 0 Å². The number of carbonyl (C=O) groups excluding carboxylic acids is 1. The average Bonchev–Trinajstić information content (AvgIpc) is 3.05. The van der Waals surface area contributed by atoms with E-state index in [1.54, 1.807) is 24.3 Å². The molecule has 1 amide bonds. The lowest BCUT2D eigenvalue weighted by Gasteiger charge is -2.08. The van der Waals surface area contributed by atoms with Gasteiger partial charge in [-0.25, -0.2) is 0 Å². The monoisotopic (exact) mass is 397 g/mol. The molecule has 0 radical (unpaired) electrons. The van der Waals surface area contributed by atoms with Crippen molar-refractivity contribution in [3.05, 3.63) is 65.2 Å². The zero-order valence-electron chi connectivity index (χ0n) is 12.9. The zero-order valence-corrected chi connectivity index (χ0v) is 14.5. The molecule has 0 aliphatic rings. The topological polar surface area (TPSA) is 92.8 Å². The number of ether oxygens (including phenoxy) is 1. The van der Waals surface area contributed by atoms with Crippen LogP contribution in [-0.2, 0) is 11.3 Å². The lowest BCUT2D eigenvalue weighted by molar-refractivity contribution is -0.116. The van der Waals surface area contributed by atoms with E-state index in [4.69, 9.17) is 10.00 Å². The quantitative estimate of drug-likeness (QED) is 0.712. The van der Waals surface area contributed by atoms with Gasteiger partial charge in [-0.15, -0.1) is 10.2 Å². The Labute approximate surface area is 152 Å². The van der Waals surface area contributed by atoms with Crippen LogP contribution in [-0.4, -0.2) is 20.7 Å². The fraction of sp³-hybridized carbons (Fsp3) is 0.0588. The number of nitriles is 1. The molecule has 3 rings (SSSR count). The van der Waals surface area contributed by atoms with E-state index in [-0.39, 0.29) is 18.3 Å². The van der Waals surface area contributed by atoms with Gasteiger partial charge < -0.3 is 10.1 Å². The molecule has 0 aliphatic carbocycles. The summed E-state index contributed by atoms with van der Waals surface area (Å²) in [5.74, 6) is 1.19. The Morgan fingerprint density at radius 2 is 1.80 bits per heavy atom. The van der Waals surface area contributed by atoms with Crippen molar-refractivity contribution in [1.82, 2.24) is 14.8 Å². The van der Waals surface area contributed by atoms with Gasteiger partial charge in [-0.05, 0) is 48.5 Å². The lowest BCUT2D eigenvalue weighted by atomic mass is 10.3. The van der Waals surface area contributed by atoms with Gasteiger partial charge in [0, 0.05) is 10.2 Å². The van der Waals surface area contributed by atoms with E-state index in [0.29, 0.717) is 11.4 Å². The number of nitrogens with one attached hydrogen (secondary N) is 1. The highest BCUT2D eigenvalue weighted by Crippen LogP contribution is 2.24. The molecule has 0 saturated carbocycles. The second-order valence-corrected chi connectivity index (χ2v) is 5.94. The Hall–Kier alpha value is -3.18. The van der Waals surface area contributed by atoms with Crippen molar-refractivity contribution in [3.63, 3.8) is 0 Å². The molecule has 8 heteroatoms. The summed E-state index contributed by atoms with van der Waals surface area (Å²) in [6.45, 7) is -0.0347. The molecular weight excluding hydrogens is 386 g/mol. The van der Waals surface area contributed by atoms with Crippen LogP contribution in [0.3, 0.4) is 0 Å². The predicted octanol–water partition coefficient (Wildman–Crippen LogP) is 3.34. The van der Waals surface area contributed by atoms with Crippen LogP contribution in [0.25, 0.3) is 0 Å². The number of rotatable bonds is 5. The van der Waals surface area contributed by atoms with E-state index in [2.05, 4.69) is 31.4 Å². The van der Waals surface area contributed by atoms with Gasteiger partial charge in [0.2, 0.25) is 11.7 Å². The van der Waals surface area contributed by atoms with Gasteiger partial charge >= 0.3 is 0 Å². The normalized spacial score (nSPS) is 10.1. The summed E-state index contributed by atoms with van der Waals surface area (Å²) in [4.78, 5) is 12.0. The summed E-state index contributed by atoms with van der Waals surface area (Å²) in [5.41, 5.74) is 0.625. The van der Waals surface area contributed by atoms with E-state index in [0.717, 1.165) is 10.2 Å². The third-order valence-electron chi connectivity index (χ3n) is 3.22. The maximum atomic E-state index is 12.0. The van der Waals surface area contributed by atoms with Crippen LogP contribution in [0.5, 0.6) is 11.5 Å². The Kier molecular flexibility index (Phi) is 5.06. The highest BCUT2D eigenvalue weighted by molar-refractivity contribution is 9.10. The number of carbonyl (C=O) groups is 1. The van der Waals surface area contributed by atoms with Crippen LogP contribution in [0.1, 0.15) is 5.82 Å². The molecule has 1 N–H and O–H groups in total. The summed E-state index contributed by atoms with van der Waals surface area (Å²) < 4.78 is 8.07. The van der Waals surface area contributed by atoms with Crippen LogP contribution in [0.2, 0.25) is 0 Å². The summed E-state index contributed by atoms with van der Waals surface area (Å²) in [5, 5.41) is 18.8. The summed E-state index contributed by atoms with van der Waals surface area (Å²) in [6, 6.07) is 16.4. The first-order valence-electron chi connectivity index (χ1n) is 7.25. The largest absolute Gasteiger partial charge is 0.457 e. The number of halogens is 1. The molecule has 0 spiro atoms. The van der Waals surface area contributed by atoms with E-state index >= 15 is 0 Å². The number of anilines is 1. The summed E-state index contributed by atoms with van der Waals surface area (Å²) in [7, 11) is 0. The minimum absolute atomic E-state index is 0.0347. The fourth-order valence-corrected chi connectivity index (χ4v) is 2.32. The van der Waals surface area contributed by atoms with Crippen molar-refractivity contribution in [2.24, 2.45) is 0 Å². The first kappa shape index (κ1) is 16.7. The minimum atomic E-state index is -0.280.